The van der Waals surface area contributed by atoms with E-state index < -0.39 is 29.4 Å². The molecule has 0 aromatic rings. The van der Waals surface area contributed by atoms with Gasteiger partial charge in [0.2, 0.25) is 5.91 Å². The van der Waals surface area contributed by atoms with Crippen molar-refractivity contribution in [1.82, 2.24) is 9.80 Å². The highest BCUT2D eigenvalue weighted by molar-refractivity contribution is 5.91. The van der Waals surface area contributed by atoms with Gasteiger partial charge in [0.05, 0.1) is 6.04 Å². The summed E-state index contributed by atoms with van der Waals surface area (Å²) in [7, 11) is 0. The minimum absolute atomic E-state index is 0.129. The lowest BCUT2D eigenvalue weighted by Gasteiger charge is -2.35. The van der Waals surface area contributed by atoms with Crippen molar-refractivity contribution in [3.8, 4) is 0 Å². The summed E-state index contributed by atoms with van der Waals surface area (Å²) in [6.07, 6.45) is 5.46. The van der Waals surface area contributed by atoms with Crippen LogP contribution in [-0.2, 0) is 19.1 Å². The van der Waals surface area contributed by atoms with Gasteiger partial charge in [0.25, 0.3) is 0 Å². The summed E-state index contributed by atoms with van der Waals surface area (Å²) in [5.41, 5.74) is -1.24. The van der Waals surface area contributed by atoms with Crippen LogP contribution in [0, 0.1) is 5.92 Å². The number of nitrogens with zero attached hydrogens (tertiary/aromatic N) is 2. The Morgan fingerprint density at radius 2 is 1.64 bits per heavy atom. The number of rotatable bonds is 1. The van der Waals surface area contributed by atoms with Gasteiger partial charge in [0, 0.05) is 6.54 Å². The van der Waals surface area contributed by atoms with Crippen LogP contribution in [0.1, 0.15) is 60.8 Å². The zero-order valence-corrected chi connectivity index (χ0v) is 17.7. The molecule has 3 aliphatic rings. The Hall–Kier alpha value is -2.05. The summed E-state index contributed by atoms with van der Waals surface area (Å²) in [5, 5.41) is 0. The normalized spacial score (nSPS) is 31.1. The molecular formula is C21H32N2O5. The maximum atomic E-state index is 13.4. The Bertz CT molecular complexity index is 688. The van der Waals surface area contributed by atoms with E-state index >= 15 is 0 Å². The number of amides is 2. The quantitative estimate of drug-likeness (QED) is 0.507. The number of hydrogen-bond donors (Lipinski definition) is 0. The zero-order chi connectivity index (χ0) is 20.9. The number of ether oxygens (including phenoxy) is 2. The first-order chi connectivity index (χ1) is 12.9. The second-order valence-corrected chi connectivity index (χ2v) is 9.97. The first kappa shape index (κ1) is 20.7. The Labute approximate surface area is 167 Å². The van der Waals surface area contributed by atoms with Gasteiger partial charge in [-0.15, -0.1) is 0 Å². The fourth-order valence-electron chi connectivity index (χ4n) is 4.17. The number of esters is 1. The minimum atomic E-state index is -0.631. The zero-order valence-electron chi connectivity index (χ0n) is 17.7. The second-order valence-electron chi connectivity index (χ2n) is 9.97. The molecule has 0 aromatic heterocycles. The van der Waals surface area contributed by atoms with E-state index in [2.05, 4.69) is 6.08 Å². The molecule has 156 valence electrons. The summed E-state index contributed by atoms with van der Waals surface area (Å²) in [6.45, 7) is 11.3. The standard InChI is InChI=1S/C21H32N2O5/c1-20(2,3)27-18(25)15-10-9-14-8-7-13-11-16(17(24)23(14)15)22(12-13)19(26)28-21(4,5)6/h7-8,13-16H,9-12H2,1-6H3/b8-7-/t13-,14+,15-,16-/m0/s1. The molecule has 7 nitrogen and oxygen atoms in total. The van der Waals surface area contributed by atoms with E-state index in [0.717, 1.165) is 6.42 Å². The van der Waals surface area contributed by atoms with E-state index in [9.17, 15) is 14.4 Å². The topological polar surface area (TPSA) is 76.2 Å². The maximum absolute atomic E-state index is 13.4. The van der Waals surface area contributed by atoms with E-state index in [0.29, 0.717) is 19.4 Å². The van der Waals surface area contributed by atoms with Crippen molar-refractivity contribution in [3.05, 3.63) is 12.2 Å². The predicted molar refractivity (Wildman–Crippen MR) is 103 cm³/mol. The maximum Gasteiger partial charge on any atom is 0.410 e. The van der Waals surface area contributed by atoms with Crippen LogP contribution >= 0.6 is 0 Å². The van der Waals surface area contributed by atoms with Gasteiger partial charge >= 0.3 is 12.1 Å². The highest BCUT2D eigenvalue weighted by Gasteiger charge is 2.50. The van der Waals surface area contributed by atoms with E-state index in [4.69, 9.17) is 9.47 Å². The van der Waals surface area contributed by atoms with E-state index in [-0.39, 0.29) is 23.8 Å². The third-order valence-electron chi connectivity index (χ3n) is 5.21. The third-order valence-corrected chi connectivity index (χ3v) is 5.21. The summed E-state index contributed by atoms with van der Waals surface area (Å²) in [4.78, 5) is 42.0. The number of fused-ring (bicyclic) bond motifs is 3. The molecule has 0 saturated carbocycles. The molecule has 0 N–H and O–H groups in total. The van der Waals surface area contributed by atoms with Crippen molar-refractivity contribution in [2.45, 2.75) is 90.1 Å². The van der Waals surface area contributed by atoms with Crippen molar-refractivity contribution < 1.29 is 23.9 Å². The van der Waals surface area contributed by atoms with Gasteiger partial charge in [-0.25, -0.2) is 9.59 Å². The third kappa shape index (κ3) is 4.33. The van der Waals surface area contributed by atoms with E-state index in [1.54, 1.807) is 4.90 Å². The molecule has 28 heavy (non-hydrogen) atoms. The molecule has 4 atom stereocenters. The first-order valence-electron chi connectivity index (χ1n) is 10.1. The molecule has 0 aromatic carbocycles. The van der Waals surface area contributed by atoms with Crippen LogP contribution in [0.3, 0.4) is 0 Å². The number of hydrogen-bond acceptors (Lipinski definition) is 5. The second kappa shape index (κ2) is 7.08. The van der Waals surface area contributed by atoms with Crippen LogP contribution in [0.5, 0.6) is 0 Å². The highest BCUT2D eigenvalue weighted by atomic mass is 16.6. The van der Waals surface area contributed by atoms with Gasteiger partial charge < -0.3 is 14.4 Å². The Morgan fingerprint density at radius 3 is 2.25 bits per heavy atom. The molecule has 7 heteroatoms. The lowest BCUT2D eigenvalue weighted by molar-refractivity contribution is -0.164. The summed E-state index contributed by atoms with van der Waals surface area (Å²) >= 11 is 0. The van der Waals surface area contributed by atoms with Crippen molar-refractivity contribution in [3.63, 3.8) is 0 Å². The minimum Gasteiger partial charge on any atom is -0.458 e. The molecule has 2 amide bonds. The Morgan fingerprint density at radius 1 is 1.00 bits per heavy atom. The Balaban J connectivity index is 1.84. The van der Waals surface area contributed by atoms with Crippen LogP contribution in [0.15, 0.2) is 12.2 Å². The summed E-state index contributed by atoms with van der Waals surface area (Å²) in [6, 6.07) is -1.34. The first-order valence-corrected chi connectivity index (χ1v) is 10.1. The van der Waals surface area contributed by atoms with Gasteiger partial charge in [0.1, 0.15) is 23.3 Å². The van der Waals surface area contributed by atoms with Crippen LogP contribution in [0.2, 0.25) is 0 Å². The predicted octanol–water partition coefficient (Wildman–Crippen LogP) is 2.88. The molecule has 0 radical (unpaired) electrons. The number of likely N-dealkylation sites (tertiary alicyclic amines) is 1. The number of carbonyl (C=O) groups is 3. The monoisotopic (exact) mass is 392 g/mol. The molecule has 3 heterocycles. The van der Waals surface area contributed by atoms with Crippen LogP contribution < -0.4 is 0 Å². The molecule has 2 saturated heterocycles. The lowest BCUT2D eigenvalue weighted by atomic mass is 10.00. The fourth-order valence-corrected chi connectivity index (χ4v) is 4.17. The van der Waals surface area contributed by atoms with Crippen LogP contribution in [-0.4, -0.2) is 63.6 Å². The van der Waals surface area contributed by atoms with Gasteiger partial charge in [-0.2, -0.15) is 0 Å². The SMILES string of the molecule is CC(C)(C)OC(=O)[C@@H]1CC[C@H]2/C=C\[C@H]3C[C@@H](C(=O)N21)N(C(=O)OC(C)(C)C)C3. The van der Waals surface area contributed by atoms with Crippen LogP contribution in [0.25, 0.3) is 0 Å². The molecule has 0 spiro atoms. The van der Waals surface area contributed by atoms with Crippen LogP contribution in [0.4, 0.5) is 4.79 Å². The molecular weight excluding hydrogens is 360 g/mol. The van der Waals surface area contributed by atoms with Gasteiger partial charge in [-0.3, -0.25) is 9.69 Å². The number of carbonyl (C=O) groups excluding carboxylic acids is 3. The van der Waals surface area contributed by atoms with Gasteiger partial charge in [0.15, 0.2) is 0 Å². The summed E-state index contributed by atoms with van der Waals surface area (Å²) < 4.78 is 11.1. The van der Waals surface area contributed by atoms with Crippen molar-refractivity contribution in [2.24, 2.45) is 5.92 Å². The average Bonchev–Trinajstić information content (AvgIpc) is 3.12. The van der Waals surface area contributed by atoms with Crippen molar-refractivity contribution in [2.75, 3.05) is 6.54 Å². The summed E-state index contributed by atoms with van der Waals surface area (Å²) in [5.74, 6) is -0.434. The molecule has 2 fully saturated rings. The fraction of sp³-hybridized carbons (Fsp3) is 0.762. The Kier molecular flexibility index (Phi) is 5.23. The van der Waals surface area contributed by atoms with E-state index in [1.165, 1.54) is 4.90 Å². The van der Waals surface area contributed by atoms with Gasteiger partial charge in [-0.05, 0) is 66.7 Å². The molecule has 3 aliphatic heterocycles. The largest absolute Gasteiger partial charge is 0.458 e. The molecule has 0 unspecified atom stereocenters. The van der Waals surface area contributed by atoms with E-state index in [1.807, 2.05) is 47.6 Å². The molecule has 0 aliphatic carbocycles. The highest BCUT2D eigenvalue weighted by Crippen LogP contribution is 2.36. The molecule has 3 rings (SSSR count). The molecule has 2 bridgehead atoms. The van der Waals surface area contributed by atoms with Gasteiger partial charge in [-0.1, -0.05) is 12.2 Å². The van der Waals surface area contributed by atoms with Crippen molar-refractivity contribution in [1.29, 1.82) is 0 Å². The lowest BCUT2D eigenvalue weighted by Crippen LogP contribution is -2.54. The average molecular weight is 392 g/mol. The van der Waals surface area contributed by atoms with Crippen molar-refractivity contribution >= 4 is 18.0 Å². The smallest absolute Gasteiger partial charge is 0.410 e.